The Bertz CT molecular complexity index is 1490. The molecule has 5 heterocycles. The Labute approximate surface area is 207 Å². The van der Waals surface area contributed by atoms with Crippen LogP contribution in [0.15, 0.2) is 42.6 Å². The van der Waals surface area contributed by atoms with Crippen LogP contribution in [0.25, 0.3) is 27.3 Å². The van der Waals surface area contributed by atoms with Gasteiger partial charge in [-0.15, -0.1) is 16.6 Å². The van der Waals surface area contributed by atoms with Gasteiger partial charge < -0.3 is 15.5 Å². The molecule has 176 valence electrons. The fourth-order valence-electron chi connectivity index (χ4n) is 4.91. The Morgan fingerprint density at radius 3 is 2.80 bits per heavy atom. The van der Waals surface area contributed by atoms with Crippen LogP contribution in [-0.4, -0.2) is 51.4 Å². The van der Waals surface area contributed by atoms with Gasteiger partial charge in [0.15, 0.2) is 5.01 Å². The number of aromatic nitrogens is 4. The molecule has 2 saturated heterocycles. The minimum absolute atomic E-state index is 0.167. The molecule has 0 aliphatic carbocycles. The van der Waals surface area contributed by atoms with Gasteiger partial charge in [0, 0.05) is 48.1 Å². The van der Waals surface area contributed by atoms with Crippen molar-refractivity contribution in [2.75, 3.05) is 29.9 Å². The highest BCUT2D eigenvalue weighted by atomic mass is 32.1. The number of hydrogen-bond donors (Lipinski definition) is 2. The summed E-state index contributed by atoms with van der Waals surface area (Å²) in [7, 11) is 0. The first-order chi connectivity index (χ1) is 17.0. The van der Waals surface area contributed by atoms with Gasteiger partial charge in [-0.3, -0.25) is 4.79 Å². The van der Waals surface area contributed by atoms with Crippen LogP contribution in [0.4, 0.5) is 10.8 Å². The number of anilines is 2. The van der Waals surface area contributed by atoms with Crippen LogP contribution in [0.1, 0.15) is 25.8 Å². The SMILES string of the molecule is C#Cc1cnn2c(-c3ccc(-c4nnc(N5CC6(CCNC6=O)C5)s4)c(NC(C)C)c3)ccc2c1. The number of hydrogen-bond acceptors (Lipinski definition) is 7. The standard InChI is InChI=1S/C26H25N7OS/c1-4-17-11-19-6-8-22(33(19)28-13-17)18-5-7-20(21(12-18)29-16(2)3)23-30-31-25(35-23)32-14-26(15-32)9-10-27-24(26)34/h1,5-8,11-13,16,29H,9-10,14-15H2,2-3H3,(H,27,34). The van der Waals surface area contributed by atoms with Crippen LogP contribution in [-0.2, 0) is 4.79 Å². The number of carbonyl (C=O) groups excluding carboxylic acids is 1. The van der Waals surface area contributed by atoms with E-state index in [-0.39, 0.29) is 17.4 Å². The third kappa shape index (κ3) is 3.61. The fraction of sp³-hybridized carbons (Fsp3) is 0.308. The first-order valence-corrected chi connectivity index (χ1v) is 12.5. The molecule has 35 heavy (non-hydrogen) atoms. The lowest BCUT2D eigenvalue weighted by Gasteiger charge is -2.45. The summed E-state index contributed by atoms with van der Waals surface area (Å²) in [5.41, 5.74) is 5.49. The lowest BCUT2D eigenvalue weighted by molar-refractivity contribution is -0.128. The summed E-state index contributed by atoms with van der Waals surface area (Å²) < 4.78 is 1.90. The quantitative estimate of drug-likeness (QED) is 0.422. The summed E-state index contributed by atoms with van der Waals surface area (Å²) >= 11 is 1.56. The molecule has 2 fully saturated rings. The number of terminal acetylenes is 1. The summed E-state index contributed by atoms with van der Waals surface area (Å²) in [6.07, 6.45) is 8.13. The lowest BCUT2D eigenvalue weighted by Crippen LogP contribution is -2.59. The molecule has 2 aliphatic heterocycles. The molecule has 1 aromatic carbocycles. The van der Waals surface area contributed by atoms with Crippen LogP contribution in [0.3, 0.4) is 0 Å². The van der Waals surface area contributed by atoms with Gasteiger partial charge in [-0.1, -0.05) is 23.3 Å². The number of rotatable bonds is 5. The maximum Gasteiger partial charge on any atom is 0.229 e. The monoisotopic (exact) mass is 483 g/mol. The largest absolute Gasteiger partial charge is 0.382 e. The lowest BCUT2D eigenvalue weighted by atomic mass is 9.79. The molecule has 0 radical (unpaired) electrons. The number of nitrogens with one attached hydrogen (secondary N) is 2. The van der Waals surface area contributed by atoms with Gasteiger partial charge in [0.1, 0.15) is 0 Å². The molecule has 0 saturated carbocycles. The topological polar surface area (TPSA) is 87.5 Å². The molecular weight excluding hydrogens is 458 g/mol. The Kier molecular flexibility index (Phi) is 5.00. The van der Waals surface area contributed by atoms with E-state index >= 15 is 0 Å². The van der Waals surface area contributed by atoms with Crippen molar-refractivity contribution >= 4 is 33.6 Å². The summed E-state index contributed by atoms with van der Waals surface area (Å²) in [4.78, 5) is 14.3. The van der Waals surface area contributed by atoms with Gasteiger partial charge in [0.05, 0.1) is 22.8 Å². The fourth-order valence-corrected chi connectivity index (χ4v) is 5.79. The average Bonchev–Trinajstić information content (AvgIpc) is 3.55. The average molecular weight is 484 g/mol. The van der Waals surface area contributed by atoms with Gasteiger partial charge in [0.25, 0.3) is 0 Å². The molecule has 0 atom stereocenters. The molecule has 2 N–H and O–H groups in total. The van der Waals surface area contributed by atoms with Gasteiger partial charge in [-0.2, -0.15) is 5.10 Å². The van der Waals surface area contributed by atoms with E-state index in [9.17, 15) is 4.79 Å². The second-order valence-electron chi connectivity index (χ2n) is 9.54. The first-order valence-electron chi connectivity index (χ1n) is 11.7. The van der Waals surface area contributed by atoms with Crippen molar-refractivity contribution in [3.8, 4) is 34.2 Å². The highest BCUT2D eigenvalue weighted by molar-refractivity contribution is 7.18. The molecule has 0 bridgehead atoms. The third-order valence-electron chi connectivity index (χ3n) is 6.70. The number of nitrogens with zero attached hydrogens (tertiary/aromatic N) is 5. The number of benzene rings is 1. The van der Waals surface area contributed by atoms with E-state index in [1.165, 1.54) is 0 Å². The van der Waals surface area contributed by atoms with Crippen molar-refractivity contribution in [2.45, 2.75) is 26.3 Å². The smallest absolute Gasteiger partial charge is 0.229 e. The molecule has 0 unspecified atom stereocenters. The van der Waals surface area contributed by atoms with Crippen LogP contribution in [0.5, 0.6) is 0 Å². The Balaban J connectivity index is 1.32. The normalized spacial score (nSPS) is 16.5. The Hall–Kier alpha value is -3.90. The molecule has 2 aliphatic rings. The van der Waals surface area contributed by atoms with Crippen molar-refractivity contribution in [3.63, 3.8) is 0 Å². The van der Waals surface area contributed by atoms with Crippen molar-refractivity contribution in [2.24, 2.45) is 5.41 Å². The van der Waals surface area contributed by atoms with E-state index in [0.717, 1.165) is 56.7 Å². The zero-order valence-corrected chi connectivity index (χ0v) is 20.4. The van der Waals surface area contributed by atoms with Gasteiger partial charge in [0.2, 0.25) is 11.0 Å². The zero-order valence-electron chi connectivity index (χ0n) is 19.6. The van der Waals surface area contributed by atoms with E-state index in [1.54, 1.807) is 17.5 Å². The van der Waals surface area contributed by atoms with E-state index in [2.05, 4.69) is 74.9 Å². The van der Waals surface area contributed by atoms with Crippen molar-refractivity contribution in [1.29, 1.82) is 0 Å². The predicted octanol–water partition coefficient (Wildman–Crippen LogP) is 3.65. The van der Waals surface area contributed by atoms with Crippen molar-refractivity contribution < 1.29 is 4.79 Å². The van der Waals surface area contributed by atoms with E-state index < -0.39 is 0 Å². The minimum atomic E-state index is -0.243. The number of carbonyl (C=O) groups is 1. The zero-order chi connectivity index (χ0) is 24.2. The minimum Gasteiger partial charge on any atom is -0.382 e. The van der Waals surface area contributed by atoms with Crippen molar-refractivity contribution in [3.05, 3.63) is 48.2 Å². The molecule has 4 aromatic rings. The van der Waals surface area contributed by atoms with E-state index in [4.69, 9.17) is 6.42 Å². The predicted molar refractivity (Wildman–Crippen MR) is 138 cm³/mol. The second-order valence-corrected chi connectivity index (χ2v) is 10.5. The van der Waals surface area contributed by atoms with Gasteiger partial charge >= 0.3 is 0 Å². The highest BCUT2D eigenvalue weighted by Crippen LogP contribution is 2.43. The van der Waals surface area contributed by atoms with Crippen LogP contribution < -0.4 is 15.5 Å². The number of fused-ring (bicyclic) bond motifs is 1. The summed E-state index contributed by atoms with van der Waals surface area (Å²) in [6, 6.07) is 12.6. The molecule has 8 nitrogen and oxygen atoms in total. The van der Waals surface area contributed by atoms with E-state index in [0.29, 0.717) is 13.1 Å². The van der Waals surface area contributed by atoms with Crippen LogP contribution in [0, 0.1) is 17.8 Å². The Morgan fingerprint density at radius 2 is 2.06 bits per heavy atom. The van der Waals surface area contributed by atoms with E-state index in [1.807, 2.05) is 16.6 Å². The number of amides is 1. The van der Waals surface area contributed by atoms with Crippen LogP contribution in [0.2, 0.25) is 0 Å². The molecule has 1 spiro atoms. The third-order valence-corrected chi connectivity index (χ3v) is 7.72. The summed E-state index contributed by atoms with van der Waals surface area (Å²) in [6.45, 7) is 6.41. The highest BCUT2D eigenvalue weighted by Gasteiger charge is 2.52. The van der Waals surface area contributed by atoms with Gasteiger partial charge in [-0.25, -0.2) is 4.52 Å². The summed E-state index contributed by atoms with van der Waals surface area (Å²) in [5.74, 6) is 2.81. The molecule has 6 rings (SSSR count). The first kappa shape index (κ1) is 21.6. The Morgan fingerprint density at radius 1 is 1.20 bits per heavy atom. The second kappa shape index (κ2) is 8.10. The maximum atomic E-state index is 12.2. The van der Waals surface area contributed by atoms with Crippen LogP contribution >= 0.6 is 11.3 Å². The molecule has 1 amide bonds. The maximum absolute atomic E-state index is 12.2. The molecule has 9 heteroatoms. The van der Waals surface area contributed by atoms with Gasteiger partial charge in [-0.05, 0) is 50.6 Å². The summed E-state index contributed by atoms with van der Waals surface area (Å²) in [5, 5.41) is 21.7. The molecular formula is C26H25N7OS. The molecule has 3 aromatic heterocycles. The van der Waals surface area contributed by atoms with Crippen molar-refractivity contribution in [1.82, 2.24) is 25.1 Å².